The van der Waals surface area contributed by atoms with Crippen LogP contribution in [0.2, 0.25) is 0 Å². The van der Waals surface area contributed by atoms with Crippen molar-refractivity contribution in [3.8, 4) is 0 Å². The zero-order valence-electron chi connectivity index (χ0n) is 19.4. The molecule has 0 unspecified atom stereocenters. The molecule has 1 N–H and O–H groups in total. The summed E-state index contributed by atoms with van der Waals surface area (Å²) in [4.78, 5) is 14.7. The number of rotatable bonds is 9. The van der Waals surface area contributed by atoms with Gasteiger partial charge < -0.3 is 10.2 Å². The van der Waals surface area contributed by atoms with Gasteiger partial charge in [0, 0.05) is 38.3 Å². The summed E-state index contributed by atoms with van der Waals surface area (Å²) in [7, 11) is -3.42. The largest absolute Gasteiger partial charge is 0.372 e. The maximum atomic E-state index is 12.3. The highest BCUT2D eigenvalue weighted by Crippen LogP contribution is 2.22. The molecule has 0 aliphatic carbocycles. The number of anilines is 2. The van der Waals surface area contributed by atoms with E-state index in [1.54, 1.807) is 0 Å². The van der Waals surface area contributed by atoms with Crippen LogP contribution in [0.5, 0.6) is 0 Å². The molecule has 7 heteroatoms. The van der Waals surface area contributed by atoms with Crippen LogP contribution in [0.1, 0.15) is 48.8 Å². The number of nitrogens with zero attached hydrogens (tertiary/aromatic N) is 2. The molecule has 0 radical (unpaired) electrons. The molecule has 2 aromatic rings. The Hall–Kier alpha value is -2.54. The van der Waals surface area contributed by atoms with Gasteiger partial charge in [0.15, 0.2) is 0 Å². The smallest absolute Gasteiger partial charge is 0.232 e. The van der Waals surface area contributed by atoms with Gasteiger partial charge in [-0.25, -0.2) is 8.42 Å². The van der Waals surface area contributed by atoms with Crippen LogP contribution in [0, 0.1) is 13.8 Å². The minimum atomic E-state index is -3.42. The molecule has 1 saturated heterocycles. The molecule has 3 rings (SSSR count). The van der Waals surface area contributed by atoms with Gasteiger partial charge in [0.05, 0.1) is 11.9 Å². The highest BCUT2D eigenvalue weighted by atomic mass is 32.2. The zero-order valence-corrected chi connectivity index (χ0v) is 20.2. The lowest BCUT2D eigenvalue weighted by Crippen LogP contribution is -2.32. The van der Waals surface area contributed by atoms with Crippen LogP contribution in [-0.2, 0) is 21.4 Å². The Balaban J connectivity index is 1.48. The average Bonchev–Trinajstić information content (AvgIpc) is 2.74. The summed E-state index contributed by atoms with van der Waals surface area (Å²) in [5.74, 6) is -0.0704. The minimum absolute atomic E-state index is 0.0704. The SMILES string of the molecule is Cc1cc(C)cc(N(CCCC(=O)NCc2ccc(N3CCCCC3)cc2)S(C)(=O)=O)c1. The average molecular weight is 458 g/mol. The molecule has 1 amide bonds. The van der Waals surface area contributed by atoms with E-state index in [-0.39, 0.29) is 18.9 Å². The monoisotopic (exact) mass is 457 g/mol. The van der Waals surface area contributed by atoms with Gasteiger partial charge in [-0.2, -0.15) is 0 Å². The second kappa shape index (κ2) is 10.9. The van der Waals surface area contributed by atoms with Crippen LogP contribution in [0.3, 0.4) is 0 Å². The summed E-state index contributed by atoms with van der Waals surface area (Å²) in [6, 6.07) is 14.1. The van der Waals surface area contributed by atoms with Gasteiger partial charge >= 0.3 is 0 Å². The molecule has 1 heterocycles. The standard InChI is InChI=1S/C25H35N3O3S/c1-20-16-21(2)18-24(17-20)28(32(3,30)31)15-7-8-25(29)26-19-22-9-11-23(12-10-22)27-13-5-4-6-14-27/h9-12,16-18H,4-8,13-15,19H2,1-3H3,(H,26,29). The van der Waals surface area contributed by atoms with Crippen molar-refractivity contribution in [2.75, 3.05) is 35.1 Å². The van der Waals surface area contributed by atoms with Crippen molar-refractivity contribution in [3.05, 3.63) is 59.2 Å². The number of aryl methyl sites for hydroxylation is 2. The van der Waals surface area contributed by atoms with Crippen molar-refractivity contribution in [2.24, 2.45) is 0 Å². The first-order chi connectivity index (χ1) is 15.2. The van der Waals surface area contributed by atoms with Crippen molar-refractivity contribution in [1.82, 2.24) is 5.32 Å². The summed E-state index contributed by atoms with van der Waals surface area (Å²) in [5, 5.41) is 2.95. The molecule has 0 spiro atoms. The fraction of sp³-hybridized carbons (Fsp3) is 0.480. The number of carbonyl (C=O) groups is 1. The second-order valence-electron chi connectivity index (χ2n) is 8.78. The molecule has 0 saturated carbocycles. The van der Waals surface area contributed by atoms with E-state index in [1.807, 2.05) is 32.0 Å². The number of nitrogens with one attached hydrogen (secondary N) is 1. The number of piperidine rings is 1. The predicted octanol–water partition coefficient (Wildman–Crippen LogP) is 4.16. The Morgan fingerprint density at radius 2 is 1.62 bits per heavy atom. The quantitative estimate of drug-likeness (QED) is 0.614. The number of benzene rings is 2. The lowest BCUT2D eigenvalue weighted by molar-refractivity contribution is -0.121. The normalized spacial score (nSPS) is 14.3. The van der Waals surface area contributed by atoms with E-state index >= 15 is 0 Å². The molecule has 1 fully saturated rings. The van der Waals surface area contributed by atoms with Gasteiger partial charge in [-0.1, -0.05) is 18.2 Å². The molecular weight excluding hydrogens is 422 g/mol. The lowest BCUT2D eigenvalue weighted by Gasteiger charge is -2.28. The third kappa shape index (κ3) is 6.99. The number of hydrogen-bond acceptors (Lipinski definition) is 4. The zero-order chi connectivity index (χ0) is 23.1. The number of carbonyl (C=O) groups excluding carboxylic acids is 1. The molecule has 0 bridgehead atoms. The highest BCUT2D eigenvalue weighted by Gasteiger charge is 2.18. The van der Waals surface area contributed by atoms with Crippen LogP contribution in [0.25, 0.3) is 0 Å². The molecule has 2 aromatic carbocycles. The van der Waals surface area contributed by atoms with Crippen molar-refractivity contribution in [3.63, 3.8) is 0 Å². The number of sulfonamides is 1. The molecular formula is C25H35N3O3S. The summed E-state index contributed by atoms with van der Waals surface area (Å²) >= 11 is 0. The van der Waals surface area contributed by atoms with Crippen molar-refractivity contribution < 1.29 is 13.2 Å². The summed E-state index contributed by atoms with van der Waals surface area (Å²) < 4.78 is 26.0. The molecule has 32 heavy (non-hydrogen) atoms. The van der Waals surface area contributed by atoms with Crippen LogP contribution in [0.4, 0.5) is 11.4 Å². The first-order valence-corrected chi connectivity index (χ1v) is 13.2. The van der Waals surface area contributed by atoms with Crippen LogP contribution >= 0.6 is 0 Å². The van der Waals surface area contributed by atoms with E-state index in [0.717, 1.165) is 29.8 Å². The van der Waals surface area contributed by atoms with Crippen molar-refractivity contribution in [2.45, 2.75) is 52.5 Å². The van der Waals surface area contributed by atoms with E-state index in [1.165, 1.54) is 35.5 Å². The molecule has 0 atom stereocenters. The fourth-order valence-electron chi connectivity index (χ4n) is 4.23. The number of amides is 1. The second-order valence-corrected chi connectivity index (χ2v) is 10.7. The summed E-state index contributed by atoms with van der Waals surface area (Å²) in [5.41, 5.74) is 4.98. The van der Waals surface area contributed by atoms with Crippen LogP contribution < -0.4 is 14.5 Å². The van der Waals surface area contributed by atoms with E-state index < -0.39 is 10.0 Å². The topological polar surface area (TPSA) is 69.7 Å². The van der Waals surface area contributed by atoms with Gasteiger partial charge in [0.2, 0.25) is 15.9 Å². The molecule has 1 aliphatic heterocycles. The Morgan fingerprint density at radius 1 is 1.00 bits per heavy atom. The maximum Gasteiger partial charge on any atom is 0.232 e. The third-order valence-electron chi connectivity index (χ3n) is 5.81. The first-order valence-electron chi connectivity index (χ1n) is 11.4. The van der Waals surface area contributed by atoms with Crippen molar-refractivity contribution >= 4 is 27.3 Å². The van der Waals surface area contributed by atoms with Gasteiger partial charge in [0.1, 0.15) is 0 Å². The lowest BCUT2D eigenvalue weighted by atomic mass is 10.1. The summed E-state index contributed by atoms with van der Waals surface area (Å²) in [6.07, 6.45) is 5.75. The van der Waals surface area contributed by atoms with Gasteiger partial charge in [0.25, 0.3) is 0 Å². The molecule has 0 aromatic heterocycles. The minimum Gasteiger partial charge on any atom is -0.372 e. The highest BCUT2D eigenvalue weighted by molar-refractivity contribution is 7.92. The summed E-state index contributed by atoms with van der Waals surface area (Å²) in [6.45, 7) is 6.88. The van der Waals surface area contributed by atoms with Gasteiger partial charge in [-0.3, -0.25) is 9.10 Å². The predicted molar refractivity (Wildman–Crippen MR) is 132 cm³/mol. The maximum absolute atomic E-state index is 12.3. The Morgan fingerprint density at radius 3 is 2.22 bits per heavy atom. The Labute approximate surface area is 192 Å². The number of hydrogen-bond donors (Lipinski definition) is 1. The van der Waals surface area contributed by atoms with Gasteiger partial charge in [-0.15, -0.1) is 0 Å². The fourth-order valence-corrected chi connectivity index (χ4v) is 5.18. The van der Waals surface area contributed by atoms with Crippen LogP contribution in [0.15, 0.2) is 42.5 Å². The van der Waals surface area contributed by atoms with Crippen molar-refractivity contribution in [1.29, 1.82) is 0 Å². The first kappa shape index (κ1) is 24.1. The molecule has 1 aliphatic rings. The third-order valence-corrected chi connectivity index (χ3v) is 7.00. The Kier molecular flexibility index (Phi) is 8.18. The molecule has 174 valence electrons. The van der Waals surface area contributed by atoms with E-state index in [0.29, 0.717) is 18.7 Å². The van der Waals surface area contributed by atoms with Crippen LogP contribution in [-0.4, -0.2) is 40.2 Å². The van der Waals surface area contributed by atoms with E-state index in [9.17, 15) is 13.2 Å². The molecule has 6 nitrogen and oxygen atoms in total. The van der Waals surface area contributed by atoms with E-state index in [2.05, 4.69) is 34.5 Å². The van der Waals surface area contributed by atoms with Gasteiger partial charge in [-0.05, 0) is 80.5 Å². The van der Waals surface area contributed by atoms with E-state index in [4.69, 9.17) is 0 Å². The Bertz CT molecular complexity index is 993.